The van der Waals surface area contributed by atoms with E-state index in [2.05, 4.69) is 0 Å². The standard InChI is InChI=1S/C11H12ClF2NO4S2/c12-7-8-5-9(13)11(14)10(6-8)21(18,19)15-1-3-20(16,17)4-2-15/h5-6H,1-4,7H2. The number of sulfonamides is 1. The van der Waals surface area contributed by atoms with Gasteiger partial charge in [-0.1, -0.05) is 0 Å². The van der Waals surface area contributed by atoms with E-state index < -0.39 is 36.4 Å². The fraction of sp³-hybridized carbons (Fsp3) is 0.455. The highest BCUT2D eigenvalue weighted by molar-refractivity contribution is 7.92. The molecule has 0 bridgehead atoms. The molecule has 21 heavy (non-hydrogen) atoms. The quantitative estimate of drug-likeness (QED) is 0.758. The molecule has 1 fully saturated rings. The van der Waals surface area contributed by atoms with Gasteiger partial charge in [-0.2, -0.15) is 4.31 Å². The number of alkyl halides is 1. The van der Waals surface area contributed by atoms with Gasteiger partial charge in [-0.15, -0.1) is 11.6 Å². The first-order valence-electron chi connectivity index (χ1n) is 5.92. The monoisotopic (exact) mass is 359 g/mol. The van der Waals surface area contributed by atoms with E-state index in [1.165, 1.54) is 0 Å². The number of nitrogens with zero attached hydrogens (tertiary/aromatic N) is 1. The van der Waals surface area contributed by atoms with Crippen molar-refractivity contribution < 1.29 is 25.6 Å². The van der Waals surface area contributed by atoms with Crippen molar-refractivity contribution in [3.05, 3.63) is 29.3 Å². The maximum absolute atomic E-state index is 13.8. The van der Waals surface area contributed by atoms with Crippen molar-refractivity contribution >= 4 is 31.5 Å². The molecule has 1 aliphatic heterocycles. The minimum atomic E-state index is -4.30. The Labute approximate surface area is 126 Å². The molecule has 0 unspecified atom stereocenters. The number of hydrogen-bond acceptors (Lipinski definition) is 4. The first-order chi connectivity index (χ1) is 9.67. The van der Waals surface area contributed by atoms with Crippen LogP contribution in [-0.4, -0.2) is 45.7 Å². The lowest BCUT2D eigenvalue weighted by Crippen LogP contribution is -2.43. The third kappa shape index (κ3) is 3.36. The van der Waals surface area contributed by atoms with Crippen molar-refractivity contribution in [3.8, 4) is 0 Å². The van der Waals surface area contributed by atoms with Crippen LogP contribution in [-0.2, 0) is 25.7 Å². The van der Waals surface area contributed by atoms with E-state index in [0.29, 0.717) is 0 Å². The van der Waals surface area contributed by atoms with E-state index in [4.69, 9.17) is 11.6 Å². The summed E-state index contributed by atoms with van der Waals surface area (Å²) in [6, 6.07) is 1.78. The highest BCUT2D eigenvalue weighted by atomic mass is 35.5. The summed E-state index contributed by atoms with van der Waals surface area (Å²) < 4.78 is 75.3. The Balaban J connectivity index is 2.43. The van der Waals surface area contributed by atoms with E-state index in [1.807, 2.05) is 0 Å². The maximum Gasteiger partial charge on any atom is 0.246 e. The molecule has 1 aromatic carbocycles. The van der Waals surface area contributed by atoms with Crippen LogP contribution < -0.4 is 0 Å². The van der Waals surface area contributed by atoms with Crippen LogP contribution in [0.15, 0.2) is 17.0 Å². The second-order valence-corrected chi connectivity index (χ2v) is 9.06. The molecular formula is C11H12ClF2NO4S2. The van der Waals surface area contributed by atoms with E-state index in [-0.39, 0.29) is 36.0 Å². The summed E-state index contributed by atoms with van der Waals surface area (Å²) in [7, 11) is -7.59. The lowest BCUT2D eigenvalue weighted by molar-refractivity contribution is 0.421. The Kier molecular flexibility index (Phi) is 4.57. The van der Waals surface area contributed by atoms with E-state index >= 15 is 0 Å². The van der Waals surface area contributed by atoms with Gasteiger partial charge in [0, 0.05) is 19.0 Å². The second-order valence-electron chi connectivity index (χ2n) is 4.58. The Morgan fingerprint density at radius 1 is 1.19 bits per heavy atom. The average molecular weight is 360 g/mol. The van der Waals surface area contributed by atoms with Crippen molar-refractivity contribution in [2.45, 2.75) is 10.8 Å². The zero-order chi connectivity index (χ0) is 15.8. The summed E-state index contributed by atoms with van der Waals surface area (Å²) in [4.78, 5) is -0.822. The highest BCUT2D eigenvalue weighted by Gasteiger charge is 2.34. The van der Waals surface area contributed by atoms with Gasteiger partial charge in [-0.05, 0) is 17.7 Å². The molecule has 1 aromatic rings. The molecule has 10 heteroatoms. The molecule has 0 spiro atoms. The van der Waals surface area contributed by atoms with Crippen LogP contribution in [0.4, 0.5) is 8.78 Å². The predicted octanol–water partition coefficient (Wildman–Crippen LogP) is 1.12. The molecule has 0 aliphatic carbocycles. The molecule has 5 nitrogen and oxygen atoms in total. The van der Waals surface area contributed by atoms with Crippen LogP contribution in [0, 0.1) is 11.6 Å². The number of hydrogen-bond donors (Lipinski definition) is 0. The maximum atomic E-state index is 13.8. The molecule has 0 aromatic heterocycles. The summed E-state index contributed by atoms with van der Waals surface area (Å²) in [5, 5.41) is 0. The average Bonchev–Trinajstić information content (AvgIpc) is 2.41. The van der Waals surface area contributed by atoms with Gasteiger partial charge in [-0.3, -0.25) is 0 Å². The van der Waals surface area contributed by atoms with E-state index in [1.54, 1.807) is 0 Å². The molecule has 0 saturated carbocycles. The van der Waals surface area contributed by atoms with Gasteiger partial charge < -0.3 is 0 Å². The van der Waals surface area contributed by atoms with Crippen LogP contribution in [0.2, 0.25) is 0 Å². The Morgan fingerprint density at radius 2 is 1.76 bits per heavy atom. The van der Waals surface area contributed by atoms with E-state index in [9.17, 15) is 25.6 Å². The first-order valence-corrected chi connectivity index (χ1v) is 9.71. The minimum absolute atomic E-state index is 0.124. The van der Waals surface area contributed by atoms with Gasteiger partial charge >= 0.3 is 0 Å². The second kappa shape index (κ2) is 5.79. The summed E-state index contributed by atoms with van der Waals surface area (Å²) in [6.45, 7) is -0.562. The van der Waals surface area contributed by atoms with E-state index in [0.717, 1.165) is 16.4 Å². The largest absolute Gasteiger partial charge is 0.246 e. The van der Waals surface area contributed by atoms with Crippen molar-refractivity contribution in [1.29, 1.82) is 0 Å². The topological polar surface area (TPSA) is 71.5 Å². The summed E-state index contributed by atoms with van der Waals surface area (Å²) in [6.07, 6.45) is 0. The zero-order valence-electron chi connectivity index (χ0n) is 10.7. The highest BCUT2D eigenvalue weighted by Crippen LogP contribution is 2.25. The smallest absolute Gasteiger partial charge is 0.229 e. The van der Waals surface area contributed by atoms with Crippen LogP contribution in [0.3, 0.4) is 0 Å². The van der Waals surface area contributed by atoms with Gasteiger partial charge in [-0.25, -0.2) is 25.6 Å². The van der Waals surface area contributed by atoms with Crippen molar-refractivity contribution in [1.82, 2.24) is 4.31 Å². The fourth-order valence-corrected chi connectivity index (χ4v) is 5.11. The van der Waals surface area contributed by atoms with Crippen molar-refractivity contribution in [2.75, 3.05) is 24.6 Å². The number of halogens is 3. The van der Waals surface area contributed by atoms with Crippen LogP contribution in [0.25, 0.3) is 0 Å². The van der Waals surface area contributed by atoms with Crippen molar-refractivity contribution in [2.24, 2.45) is 0 Å². The summed E-state index contributed by atoms with van der Waals surface area (Å²) >= 11 is 5.52. The molecule has 1 saturated heterocycles. The third-order valence-corrected chi connectivity index (χ3v) is 6.95. The molecule has 0 N–H and O–H groups in total. The Morgan fingerprint density at radius 3 is 2.29 bits per heavy atom. The lowest BCUT2D eigenvalue weighted by Gasteiger charge is -2.26. The van der Waals surface area contributed by atoms with Gasteiger partial charge in [0.2, 0.25) is 10.0 Å². The number of rotatable bonds is 3. The molecular weight excluding hydrogens is 348 g/mol. The van der Waals surface area contributed by atoms with Gasteiger partial charge in [0.1, 0.15) is 4.90 Å². The zero-order valence-corrected chi connectivity index (χ0v) is 13.1. The Hall–Kier alpha value is -0.770. The summed E-state index contributed by atoms with van der Waals surface area (Å²) in [5.41, 5.74) is 0.124. The van der Waals surface area contributed by atoms with Gasteiger partial charge in [0.05, 0.1) is 11.5 Å². The van der Waals surface area contributed by atoms with Crippen LogP contribution in [0.5, 0.6) is 0 Å². The Bertz CT molecular complexity index is 751. The van der Waals surface area contributed by atoms with Crippen LogP contribution in [0.1, 0.15) is 5.56 Å². The first kappa shape index (κ1) is 16.6. The number of benzene rings is 1. The lowest BCUT2D eigenvalue weighted by atomic mass is 10.2. The van der Waals surface area contributed by atoms with Gasteiger partial charge in [0.15, 0.2) is 21.5 Å². The van der Waals surface area contributed by atoms with Crippen molar-refractivity contribution in [3.63, 3.8) is 0 Å². The summed E-state index contributed by atoms with van der Waals surface area (Å²) in [5.74, 6) is -3.65. The molecule has 0 atom stereocenters. The fourth-order valence-electron chi connectivity index (χ4n) is 1.96. The molecule has 2 rings (SSSR count). The minimum Gasteiger partial charge on any atom is -0.229 e. The SMILES string of the molecule is O=S1(=O)CCN(S(=O)(=O)c2cc(CCl)cc(F)c2F)CC1. The van der Waals surface area contributed by atoms with Gasteiger partial charge in [0.25, 0.3) is 0 Å². The number of sulfone groups is 1. The van der Waals surface area contributed by atoms with Crippen LogP contribution >= 0.6 is 11.6 Å². The molecule has 1 heterocycles. The molecule has 1 aliphatic rings. The normalized spacial score (nSPS) is 19.6. The predicted molar refractivity (Wildman–Crippen MR) is 73.3 cm³/mol. The third-order valence-electron chi connectivity index (χ3n) is 3.13. The molecule has 0 radical (unpaired) electrons. The molecule has 0 amide bonds. The molecule has 118 valence electrons.